The van der Waals surface area contributed by atoms with E-state index < -0.39 is 21.3 Å². The summed E-state index contributed by atoms with van der Waals surface area (Å²) in [4.78, 5) is 4.53. The number of aliphatic imine (C=N–C) groups is 1. The topological polar surface area (TPSA) is 76.3 Å². The molecule has 8 heteroatoms. The summed E-state index contributed by atoms with van der Waals surface area (Å²) in [5.41, 5.74) is 3.01. The number of fused-ring (bicyclic) bond motifs is 1. The van der Waals surface area contributed by atoms with Gasteiger partial charge in [0.05, 0.1) is 5.69 Å². The van der Waals surface area contributed by atoms with E-state index in [1.165, 1.54) is 0 Å². The molecule has 0 saturated heterocycles. The van der Waals surface area contributed by atoms with Crippen molar-refractivity contribution >= 4 is 33.2 Å². The van der Waals surface area contributed by atoms with Crippen LogP contribution in [0.25, 0.3) is 0 Å². The van der Waals surface area contributed by atoms with Gasteiger partial charge in [0.2, 0.25) is 10.0 Å². The highest BCUT2D eigenvalue weighted by Crippen LogP contribution is 2.36. The molecular formula is C21H21ClN4O2S. The molecule has 1 aromatic heterocycles. The van der Waals surface area contributed by atoms with Crippen LogP contribution in [-0.2, 0) is 16.6 Å². The largest absolute Gasteiger partial charge is 0.238 e. The molecule has 1 N–H and O–H groups in total. The molecule has 0 spiro atoms. The van der Waals surface area contributed by atoms with Gasteiger partial charge >= 0.3 is 0 Å². The summed E-state index contributed by atoms with van der Waals surface area (Å²) >= 11 is 6.05. The van der Waals surface area contributed by atoms with E-state index in [-0.39, 0.29) is 6.54 Å². The van der Waals surface area contributed by atoms with Crippen LogP contribution in [-0.4, -0.2) is 29.2 Å². The molecule has 0 aliphatic carbocycles. The molecule has 1 aliphatic rings. The van der Waals surface area contributed by atoms with Gasteiger partial charge in [-0.15, -0.1) is 0 Å². The lowest BCUT2D eigenvalue weighted by Crippen LogP contribution is -2.46. The average molecular weight is 429 g/mol. The van der Waals surface area contributed by atoms with Gasteiger partial charge in [-0.2, -0.15) is 5.10 Å². The van der Waals surface area contributed by atoms with Crippen molar-refractivity contribution in [1.29, 1.82) is 0 Å². The van der Waals surface area contributed by atoms with Gasteiger partial charge in [0.1, 0.15) is 11.3 Å². The van der Waals surface area contributed by atoms with Crippen LogP contribution in [0.2, 0.25) is 5.02 Å². The molecule has 150 valence electrons. The number of nitrogens with zero attached hydrogens (tertiary/aromatic N) is 3. The molecule has 1 aliphatic heterocycles. The van der Waals surface area contributed by atoms with Crippen LogP contribution in [0.1, 0.15) is 29.8 Å². The van der Waals surface area contributed by atoms with Crippen molar-refractivity contribution in [2.45, 2.75) is 31.7 Å². The third kappa shape index (κ3) is 3.99. The van der Waals surface area contributed by atoms with Crippen LogP contribution in [0.3, 0.4) is 0 Å². The fourth-order valence-electron chi connectivity index (χ4n) is 3.63. The molecule has 0 bridgehead atoms. The second-order valence-electron chi connectivity index (χ2n) is 7.11. The third-order valence-corrected chi connectivity index (χ3v) is 7.02. The summed E-state index contributed by atoms with van der Waals surface area (Å²) in [5, 5.41) is 4.23. The molecule has 0 amide bonds. The molecular weight excluding hydrogens is 408 g/mol. The number of halogens is 1. The van der Waals surface area contributed by atoms with E-state index in [1.54, 1.807) is 23.7 Å². The third-order valence-electron chi connectivity index (χ3n) is 4.96. The number of hydrogen-bond donors (Lipinski definition) is 1. The van der Waals surface area contributed by atoms with E-state index in [9.17, 15) is 8.42 Å². The minimum absolute atomic E-state index is 0.214. The standard InChI is InChI=1S/C21H21ClN4O2S/c1-14-12-19-24-15(2)21(29(27,28)23-13-16-6-4-3-5-7-16)20(26(19)25-14)17-8-10-18(22)11-9-17/h3-12,20-21,23H,13H2,1-2H3. The van der Waals surface area contributed by atoms with Crippen molar-refractivity contribution in [2.75, 3.05) is 0 Å². The van der Waals surface area contributed by atoms with Crippen molar-refractivity contribution in [2.24, 2.45) is 4.99 Å². The number of nitrogens with one attached hydrogen (secondary N) is 1. The van der Waals surface area contributed by atoms with Gasteiger partial charge in [-0.1, -0.05) is 54.1 Å². The minimum atomic E-state index is -3.75. The summed E-state index contributed by atoms with van der Waals surface area (Å²) in [6, 6.07) is 17.9. The molecule has 0 fully saturated rings. The first-order valence-corrected chi connectivity index (χ1v) is 11.2. The van der Waals surface area contributed by atoms with Gasteiger partial charge in [-0.25, -0.2) is 22.8 Å². The van der Waals surface area contributed by atoms with Gasteiger partial charge < -0.3 is 0 Å². The maximum atomic E-state index is 13.4. The monoisotopic (exact) mass is 428 g/mol. The Labute approximate surface area is 175 Å². The average Bonchev–Trinajstić information content (AvgIpc) is 3.06. The molecule has 2 heterocycles. The van der Waals surface area contributed by atoms with Crippen molar-refractivity contribution in [3.05, 3.63) is 82.5 Å². The molecule has 2 aromatic carbocycles. The van der Waals surface area contributed by atoms with E-state index in [0.717, 1.165) is 16.8 Å². The van der Waals surface area contributed by atoms with E-state index in [2.05, 4.69) is 14.8 Å². The fourth-order valence-corrected chi connectivity index (χ4v) is 5.42. The van der Waals surface area contributed by atoms with Crippen molar-refractivity contribution in [3.63, 3.8) is 0 Å². The number of aryl methyl sites for hydroxylation is 1. The number of benzene rings is 2. The normalized spacial score (nSPS) is 18.9. The van der Waals surface area contributed by atoms with Crippen molar-refractivity contribution in [3.8, 4) is 0 Å². The lowest BCUT2D eigenvalue weighted by molar-refractivity contribution is 0.502. The smallest absolute Gasteiger partial charge is 0.222 e. The SMILES string of the molecule is CC1=Nc2cc(C)nn2C(c2ccc(Cl)cc2)C1S(=O)(=O)NCc1ccccc1. The van der Waals surface area contributed by atoms with Crippen molar-refractivity contribution in [1.82, 2.24) is 14.5 Å². The summed E-state index contributed by atoms with van der Waals surface area (Å²) in [6.45, 7) is 3.83. The summed E-state index contributed by atoms with van der Waals surface area (Å²) in [6.07, 6.45) is 0. The van der Waals surface area contributed by atoms with Crippen LogP contribution >= 0.6 is 11.6 Å². The number of hydrogen-bond acceptors (Lipinski definition) is 4. The molecule has 4 rings (SSSR count). The van der Waals surface area contributed by atoms with E-state index in [4.69, 9.17) is 11.6 Å². The Morgan fingerprint density at radius 2 is 1.76 bits per heavy atom. The maximum absolute atomic E-state index is 13.4. The van der Waals surface area contributed by atoms with Gasteiger partial charge in [0.15, 0.2) is 5.82 Å². The first-order valence-electron chi connectivity index (χ1n) is 9.24. The zero-order valence-corrected chi connectivity index (χ0v) is 17.7. The number of rotatable bonds is 5. The first kappa shape index (κ1) is 19.8. The van der Waals surface area contributed by atoms with Crippen LogP contribution in [0, 0.1) is 6.92 Å². The van der Waals surface area contributed by atoms with E-state index in [0.29, 0.717) is 16.6 Å². The molecule has 2 atom stereocenters. The number of aromatic nitrogens is 2. The zero-order valence-electron chi connectivity index (χ0n) is 16.1. The Bertz CT molecular complexity index is 1160. The van der Waals surface area contributed by atoms with Gasteiger partial charge in [0.25, 0.3) is 0 Å². The Morgan fingerprint density at radius 1 is 1.07 bits per heavy atom. The zero-order chi connectivity index (χ0) is 20.6. The van der Waals surface area contributed by atoms with Gasteiger partial charge in [-0.3, -0.25) is 0 Å². The molecule has 2 unspecified atom stereocenters. The highest BCUT2D eigenvalue weighted by molar-refractivity contribution is 7.90. The van der Waals surface area contributed by atoms with Crippen LogP contribution < -0.4 is 4.72 Å². The lowest BCUT2D eigenvalue weighted by Gasteiger charge is -2.31. The molecule has 29 heavy (non-hydrogen) atoms. The molecule has 6 nitrogen and oxygen atoms in total. The molecule has 3 aromatic rings. The minimum Gasteiger partial charge on any atom is -0.238 e. The van der Waals surface area contributed by atoms with E-state index in [1.807, 2.05) is 55.5 Å². The molecule has 0 radical (unpaired) electrons. The van der Waals surface area contributed by atoms with Gasteiger partial charge in [-0.05, 0) is 37.1 Å². The Morgan fingerprint density at radius 3 is 2.45 bits per heavy atom. The maximum Gasteiger partial charge on any atom is 0.222 e. The second kappa shape index (κ2) is 7.74. The summed E-state index contributed by atoms with van der Waals surface area (Å²) in [5.74, 6) is 0.648. The van der Waals surface area contributed by atoms with Gasteiger partial charge in [0, 0.05) is 23.3 Å². The summed E-state index contributed by atoms with van der Waals surface area (Å²) < 4.78 is 31.2. The van der Waals surface area contributed by atoms with Crippen LogP contribution in [0.5, 0.6) is 0 Å². The molecule has 0 saturated carbocycles. The Balaban J connectivity index is 1.75. The van der Waals surface area contributed by atoms with Crippen LogP contribution in [0.4, 0.5) is 5.82 Å². The summed E-state index contributed by atoms with van der Waals surface area (Å²) in [7, 11) is -3.75. The fraction of sp³-hybridized carbons (Fsp3) is 0.238. The van der Waals surface area contributed by atoms with Crippen LogP contribution in [0.15, 0.2) is 65.7 Å². The first-order chi connectivity index (χ1) is 13.8. The quantitative estimate of drug-likeness (QED) is 0.666. The Hall–Kier alpha value is -2.48. The highest BCUT2D eigenvalue weighted by Gasteiger charge is 2.42. The number of sulfonamides is 1. The second-order valence-corrected chi connectivity index (χ2v) is 9.43. The predicted molar refractivity (Wildman–Crippen MR) is 115 cm³/mol. The van der Waals surface area contributed by atoms with E-state index >= 15 is 0 Å². The predicted octanol–water partition coefficient (Wildman–Crippen LogP) is 4.03. The Kier molecular flexibility index (Phi) is 5.29. The highest BCUT2D eigenvalue weighted by atomic mass is 35.5. The van der Waals surface area contributed by atoms with Crippen molar-refractivity contribution < 1.29 is 8.42 Å². The lowest BCUT2D eigenvalue weighted by atomic mass is 10.00.